The van der Waals surface area contributed by atoms with Crippen LogP contribution in [0.5, 0.6) is 0 Å². The Bertz CT molecular complexity index is 77.3. The number of nitrogens with one attached hydrogen (secondary N) is 1. The van der Waals surface area contributed by atoms with Crippen molar-refractivity contribution in [1.29, 1.82) is 0 Å². The molecule has 0 aliphatic carbocycles. The molecule has 0 spiro atoms. The summed E-state index contributed by atoms with van der Waals surface area (Å²) in [6, 6.07) is 0. The molecule has 1 radical (unpaired) electrons. The fourth-order valence-corrected chi connectivity index (χ4v) is 1.25. The van der Waals surface area contributed by atoms with Crippen LogP contribution in [0.15, 0.2) is 0 Å². The van der Waals surface area contributed by atoms with Crippen LogP contribution >= 0.6 is 0 Å². The van der Waals surface area contributed by atoms with Gasteiger partial charge in [0, 0.05) is 26.2 Å². The van der Waals surface area contributed by atoms with Crippen molar-refractivity contribution in [1.82, 2.24) is 10.2 Å². The molecule has 0 aromatic heterocycles. The van der Waals surface area contributed by atoms with E-state index < -0.39 is 0 Å². The Balaban J connectivity index is 2.02. The molecule has 10 heavy (non-hydrogen) atoms. The molecule has 2 heteroatoms. The van der Waals surface area contributed by atoms with Gasteiger partial charge in [0.2, 0.25) is 0 Å². The molecule has 1 rings (SSSR count). The highest BCUT2D eigenvalue weighted by molar-refractivity contribution is 4.69. The van der Waals surface area contributed by atoms with Gasteiger partial charge in [-0.25, -0.2) is 0 Å². The number of nitrogens with zero attached hydrogens (tertiary/aromatic N) is 1. The summed E-state index contributed by atoms with van der Waals surface area (Å²) in [6.07, 6.45) is 3.47. The molecule has 0 aromatic rings. The molecule has 1 aliphatic rings. The normalized spacial score (nSPS) is 21.3. The van der Waals surface area contributed by atoms with E-state index in [0.717, 1.165) is 0 Å². The first-order valence-electron chi connectivity index (χ1n) is 4.14. The quantitative estimate of drug-likeness (QED) is 0.616. The predicted molar refractivity (Wildman–Crippen MR) is 43.9 cm³/mol. The first-order valence-corrected chi connectivity index (χ1v) is 4.14. The summed E-state index contributed by atoms with van der Waals surface area (Å²) in [5.41, 5.74) is 0. The molecule has 0 atom stereocenters. The second-order valence-corrected chi connectivity index (χ2v) is 2.79. The van der Waals surface area contributed by atoms with E-state index in [4.69, 9.17) is 0 Å². The molecule has 0 amide bonds. The van der Waals surface area contributed by atoms with Gasteiger partial charge in [-0.15, -0.1) is 0 Å². The molecule has 0 bridgehead atoms. The Kier molecular flexibility index (Phi) is 3.76. The maximum absolute atomic E-state index is 3.34. The summed E-state index contributed by atoms with van der Waals surface area (Å²) in [5, 5.41) is 3.34. The lowest BCUT2D eigenvalue weighted by molar-refractivity contribution is 0.243. The van der Waals surface area contributed by atoms with Crippen LogP contribution in [0.2, 0.25) is 0 Å². The van der Waals surface area contributed by atoms with Crippen LogP contribution in [-0.4, -0.2) is 37.6 Å². The number of hydrogen-bond donors (Lipinski definition) is 1. The molecule has 1 aliphatic heterocycles. The van der Waals surface area contributed by atoms with E-state index in [1.807, 2.05) is 0 Å². The summed E-state index contributed by atoms with van der Waals surface area (Å²) in [4.78, 5) is 2.51. The zero-order valence-corrected chi connectivity index (χ0v) is 6.77. The Labute approximate surface area is 63.6 Å². The monoisotopic (exact) mass is 141 g/mol. The maximum Gasteiger partial charge on any atom is 0.0107 e. The van der Waals surface area contributed by atoms with E-state index in [-0.39, 0.29) is 0 Å². The molecule has 1 heterocycles. The van der Waals surface area contributed by atoms with E-state index in [1.54, 1.807) is 0 Å². The van der Waals surface area contributed by atoms with Crippen molar-refractivity contribution in [2.24, 2.45) is 0 Å². The van der Waals surface area contributed by atoms with Crippen LogP contribution < -0.4 is 5.32 Å². The summed E-state index contributed by atoms with van der Waals surface area (Å²) in [5.74, 6) is 0. The van der Waals surface area contributed by atoms with Gasteiger partial charge in [0.05, 0.1) is 0 Å². The van der Waals surface area contributed by atoms with Crippen molar-refractivity contribution >= 4 is 0 Å². The molecular weight excluding hydrogens is 124 g/mol. The van der Waals surface area contributed by atoms with Crippen LogP contribution in [0, 0.1) is 6.42 Å². The fourth-order valence-electron chi connectivity index (χ4n) is 1.25. The number of rotatable bonds is 3. The van der Waals surface area contributed by atoms with Gasteiger partial charge in [-0.2, -0.15) is 0 Å². The van der Waals surface area contributed by atoms with E-state index >= 15 is 0 Å². The molecule has 1 fully saturated rings. The largest absolute Gasteiger partial charge is 0.314 e. The smallest absolute Gasteiger partial charge is 0.0107 e. The average molecular weight is 141 g/mol. The number of piperazine rings is 1. The minimum atomic E-state index is 1.17. The second kappa shape index (κ2) is 4.69. The third kappa shape index (κ3) is 2.67. The van der Waals surface area contributed by atoms with Gasteiger partial charge >= 0.3 is 0 Å². The van der Waals surface area contributed by atoms with Gasteiger partial charge in [0.15, 0.2) is 0 Å². The standard InChI is InChI=1S/C8H17N2/c1-2-3-6-10-7-4-9-5-8-10/h2,9H,3-8H2,1H3. The summed E-state index contributed by atoms with van der Waals surface area (Å²) in [6.45, 7) is 8.18. The van der Waals surface area contributed by atoms with Crippen LogP contribution in [-0.2, 0) is 0 Å². The second-order valence-electron chi connectivity index (χ2n) is 2.79. The minimum Gasteiger partial charge on any atom is -0.314 e. The highest BCUT2D eigenvalue weighted by Crippen LogP contribution is 1.95. The van der Waals surface area contributed by atoms with Crippen molar-refractivity contribution in [2.75, 3.05) is 32.7 Å². The average Bonchev–Trinajstić information content (AvgIpc) is 2.03. The predicted octanol–water partition coefficient (Wildman–Crippen LogP) is 0.506. The van der Waals surface area contributed by atoms with Crippen molar-refractivity contribution in [3.05, 3.63) is 6.42 Å². The van der Waals surface area contributed by atoms with Gasteiger partial charge in [0.25, 0.3) is 0 Å². The van der Waals surface area contributed by atoms with Crippen molar-refractivity contribution in [3.8, 4) is 0 Å². The first-order chi connectivity index (χ1) is 4.93. The van der Waals surface area contributed by atoms with E-state index in [1.165, 1.54) is 39.1 Å². The van der Waals surface area contributed by atoms with Crippen LogP contribution in [0.25, 0.3) is 0 Å². The van der Waals surface area contributed by atoms with Gasteiger partial charge in [-0.1, -0.05) is 6.92 Å². The molecule has 0 aromatic carbocycles. The third-order valence-corrected chi connectivity index (χ3v) is 1.94. The van der Waals surface area contributed by atoms with Gasteiger partial charge in [-0.3, -0.25) is 0 Å². The highest BCUT2D eigenvalue weighted by atomic mass is 15.2. The zero-order chi connectivity index (χ0) is 7.23. The van der Waals surface area contributed by atoms with Crippen LogP contribution in [0.1, 0.15) is 13.3 Å². The Morgan fingerprint density at radius 3 is 2.70 bits per heavy atom. The Morgan fingerprint density at radius 2 is 2.10 bits per heavy atom. The van der Waals surface area contributed by atoms with Crippen molar-refractivity contribution in [3.63, 3.8) is 0 Å². The molecule has 2 nitrogen and oxygen atoms in total. The van der Waals surface area contributed by atoms with Crippen molar-refractivity contribution < 1.29 is 0 Å². The lowest BCUT2D eigenvalue weighted by Crippen LogP contribution is -2.43. The van der Waals surface area contributed by atoms with Crippen LogP contribution in [0.3, 0.4) is 0 Å². The van der Waals surface area contributed by atoms with E-state index in [2.05, 4.69) is 23.6 Å². The SMILES string of the molecule is C[CH]CCN1CCNCC1. The molecule has 1 N–H and O–H groups in total. The lowest BCUT2D eigenvalue weighted by atomic mass is 10.3. The van der Waals surface area contributed by atoms with Gasteiger partial charge in [0.1, 0.15) is 0 Å². The Morgan fingerprint density at radius 1 is 1.40 bits per heavy atom. The molecule has 59 valence electrons. The van der Waals surface area contributed by atoms with Crippen LogP contribution in [0.4, 0.5) is 0 Å². The van der Waals surface area contributed by atoms with Gasteiger partial charge < -0.3 is 10.2 Å². The minimum absolute atomic E-state index is 1.17. The first kappa shape index (κ1) is 8.02. The number of unbranched alkanes of at least 4 members (excludes halogenated alkanes) is 1. The summed E-state index contributed by atoms with van der Waals surface area (Å²) >= 11 is 0. The molecule has 0 unspecified atom stereocenters. The number of hydrogen-bond acceptors (Lipinski definition) is 2. The Hall–Kier alpha value is -0.0800. The highest BCUT2D eigenvalue weighted by Gasteiger charge is 2.06. The third-order valence-electron chi connectivity index (χ3n) is 1.94. The van der Waals surface area contributed by atoms with Gasteiger partial charge in [-0.05, 0) is 19.4 Å². The maximum atomic E-state index is 3.34. The van der Waals surface area contributed by atoms with E-state index in [9.17, 15) is 0 Å². The molecule has 1 saturated heterocycles. The van der Waals surface area contributed by atoms with Crippen molar-refractivity contribution in [2.45, 2.75) is 13.3 Å². The fraction of sp³-hybridized carbons (Fsp3) is 0.875. The topological polar surface area (TPSA) is 15.3 Å². The summed E-state index contributed by atoms with van der Waals surface area (Å²) < 4.78 is 0. The zero-order valence-electron chi connectivity index (χ0n) is 6.77. The molecular formula is C8H17N2. The molecule has 0 saturated carbocycles. The summed E-state index contributed by atoms with van der Waals surface area (Å²) in [7, 11) is 0. The lowest BCUT2D eigenvalue weighted by Gasteiger charge is -2.26. The van der Waals surface area contributed by atoms with E-state index in [0.29, 0.717) is 0 Å².